The van der Waals surface area contributed by atoms with E-state index in [4.69, 9.17) is 9.92 Å². The molecule has 0 radical (unpaired) electrons. The Morgan fingerprint density at radius 2 is 2.26 bits per heavy atom. The monoisotopic (exact) mass is 402 g/mol. The molecule has 0 saturated carbocycles. The Bertz CT molecular complexity index is 845. The van der Waals surface area contributed by atoms with Gasteiger partial charge < -0.3 is 15.8 Å². The molecular weight excluding hydrogens is 384 g/mol. The van der Waals surface area contributed by atoms with Gasteiger partial charge in [-0.2, -0.15) is 8.42 Å². The van der Waals surface area contributed by atoms with E-state index in [1.165, 1.54) is 5.56 Å². The number of aromatic amines is 1. The van der Waals surface area contributed by atoms with E-state index in [1.54, 1.807) is 6.07 Å². The van der Waals surface area contributed by atoms with Crippen molar-refractivity contribution in [2.75, 3.05) is 12.9 Å². The summed E-state index contributed by atoms with van der Waals surface area (Å²) in [7, 11) is -3.42. The predicted octanol–water partition coefficient (Wildman–Crippen LogP) is 1.96. The smallest absolute Gasteiger partial charge is 0.264 e. The molecule has 126 valence electrons. The molecule has 1 aliphatic carbocycles. The number of halogens is 1. The minimum atomic E-state index is -3.42. The van der Waals surface area contributed by atoms with E-state index >= 15 is 0 Å². The lowest BCUT2D eigenvalue weighted by Gasteiger charge is -2.21. The van der Waals surface area contributed by atoms with Gasteiger partial charge in [0, 0.05) is 21.1 Å². The summed E-state index contributed by atoms with van der Waals surface area (Å²) in [5.41, 5.74) is 9.39. The third-order valence-electron chi connectivity index (χ3n) is 4.26. The molecule has 1 heterocycles. The molecular formula is C15H19BrN2O4S. The normalized spacial score (nSPS) is 19.7. The molecule has 23 heavy (non-hydrogen) atoms. The van der Waals surface area contributed by atoms with Gasteiger partial charge in [-0.05, 0) is 36.8 Å². The van der Waals surface area contributed by atoms with Crippen LogP contribution in [0.1, 0.15) is 29.5 Å². The number of fused-ring (bicyclic) bond motifs is 3. The second kappa shape index (κ2) is 6.18. The molecule has 1 aromatic carbocycles. The molecule has 3 rings (SSSR count). The second-order valence-corrected chi connectivity index (χ2v) is 8.51. The van der Waals surface area contributed by atoms with Gasteiger partial charge >= 0.3 is 0 Å². The van der Waals surface area contributed by atoms with Crippen LogP contribution < -0.4 is 5.73 Å². The molecule has 6 nitrogen and oxygen atoms in total. The third kappa shape index (κ3) is 3.46. The Labute approximate surface area is 143 Å². The molecule has 1 aliphatic rings. The van der Waals surface area contributed by atoms with Crippen molar-refractivity contribution in [2.24, 2.45) is 11.7 Å². The SMILES string of the molecule is CS(=O)(=O)OCC1CCc2c([nH]c3c(C(N)O)ccc(Br)c23)C1. The maximum atomic E-state index is 11.1. The molecule has 0 amide bonds. The maximum Gasteiger partial charge on any atom is 0.264 e. The third-order valence-corrected chi connectivity index (χ3v) is 5.49. The number of aliphatic hydroxyl groups is 1. The molecule has 0 spiro atoms. The molecule has 1 aromatic heterocycles. The number of rotatable bonds is 4. The zero-order valence-electron chi connectivity index (χ0n) is 12.7. The molecule has 0 saturated heterocycles. The fourth-order valence-electron chi connectivity index (χ4n) is 3.20. The van der Waals surface area contributed by atoms with Crippen LogP contribution in [0.2, 0.25) is 0 Å². The van der Waals surface area contributed by atoms with Crippen LogP contribution in [0.5, 0.6) is 0 Å². The van der Waals surface area contributed by atoms with Crippen LogP contribution in [0.4, 0.5) is 0 Å². The maximum absolute atomic E-state index is 11.1. The summed E-state index contributed by atoms with van der Waals surface area (Å²) in [6.07, 6.45) is 2.42. The van der Waals surface area contributed by atoms with E-state index in [2.05, 4.69) is 20.9 Å². The highest BCUT2D eigenvalue weighted by atomic mass is 79.9. The first kappa shape index (κ1) is 16.9. The number of aryl methyl sites for hydroxylation is 1. The van der Waals surface area contributed by atoms with E-state index in [1.807, 2.05) is 6.07 Å². The largest absolute Gasteiger partial charge is 0.374 e. The van der Waals surface area contributed by atoms with Gasteiger partial charge in [0.05, 0.1) is 18.4 Å². The van der Waals surface area contributed by atoms with Crippen LogP contribution in [0.15, 0.2) is 16.6 Å². The van der Waals surface area contributed by atoms with Crippen molar-refractivity contribution < 1.29 is 17.7 Å². The summed E-state index contributed by atoms with van der Waals surface area (Å²) in [4.78, 5) is 3.36. The average Bonchev–Trinajstić information content (AvgIpc) is 2.83. The molecule has 0 aliphatic heterocycles. The molecule has 2 unspecified atom stereocenters. The Kier molecular flexibility index (Phi) is 4.54. The van der Waals surface area contributed by atoms with Crippen molar-refractivity contribution in [3.8, 4) is 0 Å². The fraction of sp³-hybridized carbons (Fsp3) is 0.467. The molecule has 4 N–H and O–H groups in total. The van der Waals surface area contributed by atoms with Gasteiger partial charge in [0.25, 0.3) is 10.1 Å². The average molecular weight is 403 g/mol. The van der Waals surface area contributed by atoms with E-state index in [0.29, 0.717) is 12.0 Å². The van der Waals surface area contributed by atoms with Gasteiger partial charge in [-0.15, -0.1) is 0 Å². The fourth-order valence-corrected chi connectivity index (χ4v) is 4.21. The summed E-state index contributed by atoms with van der Waals surface area (Å²) in [6.45, 7) is 0.196. The highest BCUT2D eigenvalue weighted by Crippen LogP contribution is 2.38. The van der Waals surface area contributed by atoms with Crippen LogP contribution in [0.3, 0.4) is 0 Å². The summed E-state index contributed by atoms with van der Waals surface area (Å²) in [6, 6.07) is 3.68. The lowest BCUT2D eigenvalue weighted by molar-refractivity contribution is 0.187. The van der Waals surface area contributed by atoms with Gasteiger partial charge in [0.2, 0.25) is 0 Å². The van der Waals surface area contributed by atoms with Crippen LogP contribution in [-0.2, 0) is 27.1 Å². The Balaban J connectivity index is 1.95. The van der Waals surface area contributed by atoms with Crippen LogP contribution in [0.25, 0.3) is 10.9 Å². The lowest BCUT2D eigenvalue weighted by atomic mass is 9.87. The van der Waals surface area contributed by atoms with Crippen molar-refractivity contribution >= 4 is 37.0 Å². The van der Waals surface area contributed by atoms with E-state index in [0.717, 1.165) is 40.2 Å². The van der Waals surface area contributed by atoms with Crippen LogP contribution in [0, 0.1) is 5.92 Å². The molecule has 8 heteroatoms. The highest BCUT2D eigenvalue weighted by Gasteiger charge is 2.26. The molecule has 2 aromatic rings. The van der Waals surface area contributed by atoms with Crippen LogP contribution >= 0.6 is 15.9 Å². The van der Waals surface area contributed by atoms with E-state index < -0.39 is 16.3 Å². The number of nitrogens with two attached hydrogens (primary N) is 1. The first-order valence-electron chi connectivity index (χ1n) is 7.36. The standard InChI is InChI=1S/C15H19BrN2O4S/c1-23(20,21)22-7-8-2-3-9-12(6-8)18-14-10(15(17)19)4-5-11(16)13(9)14/h4-5,8,15,18-19H,2-3,6-7,17H2,1H3. The van der Waals surface area contributed by atoms with Gasteiger partial charge in [0.15, 0.2) is 0 Å². The number of hydrogen-bond acceptors (Lipinski definition) is 5. The van der Waals surface area contributed by atoms with Crippen molar-refractivity contribution in [3.05, 3.63) is 33.4 Å². The summed E-state index contributed by atoms with van der Waals surface area (Å²) in [5, 5.41) is 10.8. The van der Waals surface area contributed by atoms with E-state index in [9.17, 15) is 13.5 Å². The number of nitrogens with one attached hydrogen (secondary N) is 1. The molecule has 0 fully saturated rings. The Morgan fingerprint density at radius 1 is 1.52 bits per heavy atom. The predicted molar refractivity (Wildman–Crippen MR) is 91.5 cm³/mol. The number of benzene rings is 1. The topological polar surface area (TPSA) is 105 Å². The summed E-state index contributed by atoms with van der Waals surface area (Å²) < 4.78 is 28.2. The van der Waals surface area contributed by atoms with Crippen molar-refractivity contribution in [2.45, 2.75) is 25.5 Å². The van der Waals surface area contributed by atoms with Crippen LogP contribution in [-0.4, -0.2) is 31.4 Å². The molecule has 2 atom stereocenters. The summed E-state index contributed by atoms with van der Waals surface area (Å²) in [5.74, 6) is 0.148. The van der Waals surface area contributed by atoms with Gasteiger partial charge in [-0.1, -0.05) is 22.0 Å². The number of aromatic nitrogens is 1. The van der Waals surface area contributed by atoms with Gasteiger partial charge in [-0.3, -0.25) is 4.18 Å². The number of hydrogen-bond donors (Lipinski definition) is 3. The zero-order valence-corrected chi connectivity index (χ0v) is 15.1. The minimum Gasteiger partial charge on any atom is -0.374 e. The lowest BCUT2D eigenvalue weighted by Crippen LogP contribution is -2.20. The summed E-state index contributed by atoms with van der Waals surface area (Å²) >= 11 is 3.56. The van der Waals surface area contributed by atoms with Crippen molar-refractivity contribution in [1.82, 2.24) is 4.98 Å². The number of H-pyrrole nitrogens is 1. The highest BCUT2D eigenvalue weighted by molar-refractivity contribution is 9.10. The quantitative estimate of drug-likeness (QED) is 0.535. The first-order chi connectivity index (χ1) is 10.8. The Morgan fingerprint density at radius 3 is 2.91 bits per heavy atom. The van der Waals surface area contributed by atoms with Gasteiger partial charge in [-0.25, -0.2) is 0 Å². The Hall–Kier alpha value is -0.930. The van der Waals surface area contributed by atoms with Gasteiger partial charge in [0.1, 0.15) is 6.23 Å². The van der Waals surface area contributed by atoms with Crippen molar-refractivity contribution in [3.63, 3.8) is 0 Å². The van der Waals surface area contributed by atoms with Crippen molar-refractivity contribution in [1.29, 1.82) is 0 Å². The second-order valence-electron chi connectivity index (χ2n) is 6.01. The minimum absolute atomic E-state index is 0.148. The zero-order chi connectivity index (χ0) is 16.8. The number of aliphatic hydroxyl groups excluding tert-OH is 1. The molecule has 0 bridgehead atoms. The first-order valence-corrected chi connectivity index (χ1v) is 9.97. The van der Waals surface area contributed by atoms with E-state index in [-0.39, 0.29) is 12.5 Å².